The molecule has 100 valence electrons. The molecule has 17 heavy (non-hydrogen) atoms. The third-order valence-electron chi connectivity index (χ3n) is 3.27. The van der Waals surface area contributed by atoms with Crippen molar-refractivity contribution in [1.82, 2.24) is 10.2 Å². The second-order valence-corrected chi connectivity index (χ2v) is 4.86. The number of aliphatic carboxylic acids is 1. The summed E-state index contributed by atoms with van der Waals surface area (Å²) in [5.41, 5.74) is 0. The van der Waals surface area contributed by atoms with Crippen LogP contribution in [0.4, 0.5) is 0 Å². The van der Waals surface area contributed by atoms with Crippen LogP contribution in [0, 0.1) is 0 Å². The summed E-state index contributed by atoms with van der Waals surface area (Å²) < 4.78 is 0. The molecule has 0 unspecified atom stereocenters. The maximum absolute atomic E-state index is 10.3. The normalized spacial score (nSPS) is 16.5. The Bertz CT molecular complexity index is 204. The Morgan fingerprint density at radius 3 is 2.47 bits per heavy atom. The number of nitrogens with zero attached hydrogens (tertiary/aromatic N) is 1. The van der Waals surface area contributed by atoms with E-state index in [1.165, 1.54) is 38.9 Å². The molecule has 0 aromatic rings. The topological polar surface area (TPSA) is 52.6 Å². The fourth-order valence-electron chi connectivity index (χ4n) is 2.26. The van der Waals surface area contributed by atoms with Gasteiger partial charge < -0.3 is 15.3 Å². The highest BCUT2D eigenvalue weighted by Crippen LogP contribution is 2.06. The van der Waals surface area contributed by atoms with Gasteiger partial charge in [0.1, 0.15) is 0 Å². The van der Waals surface area contributed by atoms with Gasteiger partial charge in [-0.25, -0.2) is 0 Å². The van der Waals surface area contributed by atoms with E-state index in [-0.39, 0.29) is 0 Å². The van der Waals surface area contributed by atoms with Crippen molar-refractivity contribution in [3.63, 3.8) is 0 Å². The maximum Gasteiger partial charge on any atom is 0.303 e. The summed E-state index contributed by atoms with van der Waals surface area (Å²) in [6.45, 7) is 5.92. The van der Waals surface area contributed by atoms with E-state index in [0.717, 1.165) is 32.4 Å². The first kappa shape index (κ1) is 14.5. The molecule has 1 aliphatic rings. The molecule has 4 heteroatoms. The number of hydrogen-bond acceptors (Lipinski definition) is 3. The molecule has 1 heterocycles. The number of likely N-dealkylation sites (tertiary alicyclic amines) is 1. The third-order valence-corrected chi connectivity index (χ3v) is 3.27. The Labute approximate surface area is 104 Å². The van der Waals surface area contributed by atoms with E-state index in [1.54, 1.807) is 0 Å². The quantitative estimate of drug-likeness (QED) is 0.573. The lowest BCUT2D eigenvalue weighted by atomic mass is 10.2. The summed E-state index contributed by atoms with van der Waals surface area (Å²) in [7, 11) is 0. The minimum Gasteiger partial charge on any atom is -0.481 e. The number of rotatable bonds is 10. The van der Waals surface area contributed by atoms with Crippen LogP contribution in [0.1, 0.15) is 44.9 Å². The van der Waals surface area contributed by atoms with Crippen LogP contribution in [0.25, 0.3) is 0 Å². The fraction of sp³-hybridized carbons (Fsp3) is 0.923. The molecule has 1 rings (SSSR count). The highest BCUT2D eigenvalue weighted by molar-refractivity contribution is 5.66. The summed E-state index contributed by atoms with van der Waals surface area (Å²) in [5, 5.41) is 11.9. The van der Waals surface area contributed by atoms with Gasteiger partial charge in [0.25, 0.3) is 0 Å². The van der Waals surface area contributed by atoms with Crippen LogP contribution in [-0.4, -0.2) is 48.7 Å². The van der Waals surface area contributed by atoms with E-state index in [2.05, 4.69) is 10.2 Å². The molecular formula is C13H26N2O2. The zero-order valence-corrected chi connectivity index (χ0v) is 10.8. The van der Waals surface area contributed by atoms with Crippen molar-refractivity contribution in [3.8, 4) is 0 Å². The van der Waals surface area contributed by atoms with Crippen molar-refractivity contribution in [1.29, 1.82) is 0 Å². The summed E-state index contributed by atoms with van der Waals surface area (Å²) in [5.74, 6) is -0.677. The first-order chi connectivity index (χ1) is 8.29. The van der Waals surface area contributed by atoms with Gasteiger partial charge in [-0.15, -0.1) is 0 Å². The van der Waals surface area contributed by atoms with Crippen LogP contribution >= 0.6 is 0 Å². The second kappa shape index (κ2) is 9.42. The second-order valence-electron chi connectivity index (χ2n) is 4.86. The molecule has 0 aliphatic carbocycles. The molecule has 2 N–H and O–H groups in total. The van der Waals surface area contributed by atoms with Gasteiger partial charge in [-0.1, -0.05) is 6.42 Å². The van der Waals surface area contributed by atoms with Crippen LogP contribution in [0.15, 0.2) is 0 Å². The van der Waals surface area contributed by atoms with Crippen molar-refractivity contribution < 1.29 is 9.90 Å². The molecule has 4 nitrogen and oxygen atoms in total. The number of nitrogens with one attached hydrogen (secondary N) is 1. The third kappa shape index (κ3) is 8.16. The highest BCUT2D eigenvalue weighted by Gasteiger charge is 2.09. The molecule has 0 saturated carbocycles. The Morgan fingerprint density at radius 1 is 1.06 bits per heavy atom. The number of carboxylic acids is 1. The van der Waals surface area contributed by atoms with E-state index in [9.17, 15) is 4.79 Å². The predicted molar refractivity (Wildman–Crippen MR) is 69.3 cm³/mol. The minimum absolute atomic E-state index is 0.314. The molecule has 0 spiro atoms. The smallest absolute Gasteiger partial charge is 0.303 e. The van der Waals surface area contributed by atoms with E-state index in [4.69, 9.17) is 5.11 Å². The minimum atomic E-state index is -0.677. The molecule has 0 amide bonds. The van der Waals surface area contributed by atoms with E-state index < -0.39 is 5.97 Å². The average molecular weight is 242 g/mol. The van der Waals surface area contributed by atoms with Gasteiger partial charge >= 0.3 is 5.97 Å². The average Bonchev–Trinajstić information content (AvgIpc) is 2.79. The zero-order valence-electron chi connectivity index (χ0n) is 10.8. The van der Waals surface area contributed by atoms with Crippen LogP contribution in [0.5, 0.6) is 0 Å². The lowest BCUT2D eigenvalue weighted by Crippen LogP contribution is -2.25. The fourth-order valence-corrected chi connectivity index (χ4v) is 2.26. The summed E-state index contributed by atoms with van der Waals surface area (Å²) in [4.78, 5) is 12.8. The van der Waals surface area contributed by atoms with Crippen molar-refractivity contribution in [2.75, 3.05) is 32.7 Å². The van der Waals surface area contributed by atoms with Gasteiger partial charge in [-0.3, -0.25) is 4.79 Å². The highest BCUT2D eigenvalue weighted by atomic mass is 16.4. The van der Waals surface area contributed by atoms with E-state index in [1.807, 2.05) is 0 Å². The number of carbonyl (C=O) groups is 1. The van der Waals surface area contributed by atoms with Crippen LogP contribution < -0.4 is 5.32 Å². The molecule has 0 aromatic heterocycles. The Kier molecular flexibility index (Phi) is 8.01. The maximum atomic E-state index is 10.3. The lowest BCUT2D eigenvalue weighted by molar-refractivity contribution is -0.137. The van der Waals surface area contributed by atoms with Gasteiger partial charge in [0, 0.05) is 6.42 Å². The number of hydrogen-bond donors (Lipinski definition) is 2. The van der Waals surface area contributed by atoms with Crippen molar-refractivity contribution >= 4 is 5.97 Å². The molecule has 0 radical (unpaired) electrons. The lowest BCUT2D eigenvalue weighted by Gasteiger charge is -2.14. The van der Waals surface area contributed by atoms with Gasteiger partial charge in [0.05, 0.1) is 0 Å². The molecule has 0 atom stereocenters. The van der Waals surface area contributed by atoms with Crippen LogP contribution in [0.3, 0.4) is 0 Å². The standard InChI is InChI=1S/C13H26N2O2/c16-13(17)7-2-1-3-8-14-9-6-12-15-10-4-5-11-15/h14H,1-12H2,(H,16,17). The molecule has 0 bridgehead atoms. The van der Waals surface area contributed by atoms with Gasteiger partial charge in [0.15, 0.2) is 0 Å². The SMILES string of the molecule is O=C(O)CCCCCNCCCN1CCCC1. The first-order valence-electron chi connectivity index (χ1n) is 6.94. The Hall–Kier alpha value is -0.610. The monoisotopic (exact) mass is 242 g/mol. The molecule has 0 aromatic carbocycles. The largest absolute Gasteiger partial charge is 0.481 e. The van der Waals surface area contributed by atoms with Gasteiger partial charge in [-0.2, -0.15) is 0 Å². The first-order valence-corrected chi connectivity index (χ1v) is 6.94. The Morgan fingerprint density at radius 2 is 1.76 bits per heavy atom. The summed E-state index contributed by atoms with van der Waals surface area (Å²) in [6.07, 6.45) is 7.21. The molecule has 1 saturated heterocycles. The molecular weight excluding hydrogens is 216 g/mol. The zero-order chi connectivity index (χ0) is 12.3. The van der Waals surface area contributed by atoms with Crippen LogP contribution in [-0.2, 0) is 4.79 Å². The van der Waals surface area contributed by atoms with Crippen molar-refractivity contribution in [2.45, 2.75) is 44.9 Å². The predicted octanol–water partition coefficient (Wildman–Crippen LogP) is 1.71. The van der Waals surface area contributed by atoms with E-state index >= 15 is 0 Å². The van der Waals surface area contributed by atoms with Gasteiger partial charge in [-0.05, 0) is 64.8 Å². The molecule has 1 fully saturated rings. The van der Waals surface area contributed by atoms with Crippen LogP contribution in [0.2, 0.25) is 0 Å². The summed E-state index contributed by atoms with van der Waals surface area (Å²) >= 11 is 0. The van der Waals surface area contributed by atoms with Gasteiger partial charge in [0.2, 0.25) is 0 Å². The van der Waals surface area contributed by atoms with E-state index in [0.29, 0.717) is 6.42 Å². The van der Waals surface area contributed by atoms with Crippen molar-refractivity contribution in [3.05, 3.63) is 0 Å². The molecule has 1 aliphatic heterocycles. The Balaban J connectivity index is 1.73. The summed E-state index contributed by atoms with van der Waals surface area (Å²) in [6, 6.07) is 0. The number of unbranched alkanes of at least 4 members (excludes halogenated alkanes) is 2. The van der Waals surface area contributed by atoms with Crippen molar-refractivity contribution in [2.24, 2.45) is 0 Å². The number of carboxylic acid groups (broad SMARTS) is 1.